The number of carbonyl (C=O) groups is 2. The molecule has 6 nitrogen and oxygen atoms in total. The van der Waals surface area contributed by atoms with Crippen LogP contribution in [0.3, 0.4) is 0 Å². The third-order valence-corrected chi connectivity index (χ3v) is 5.70. The average Bonchev–Trinajstić information content (AvgIpc) is 3.53. The van der Waals surface area contributed by atoms with Gasteiger partial charge in [-0.15, -0.1) is 0 Å². The summed E-state index contributed by atoms with van der Waals surface area (Å²) >= 11 is 0. The van der Waals surface area contributed by atoms with Crippen molar-refractivity contribution in [3.05, 3.63) is 59.4 Å². The van der Waals surface area contributed by atoms with Gasteiger partial charge >= 0.3 is 5.97 Å². The van der Waals surface area contributed by atoms with Gasteiger partial charge in [0.05, 0.1) is 7.11 Å². The molecule has 1 aromatic carbocycles. The number of aliphatic imine (C=N–C) groups is 1. The summed E-state index contributed by atoms with van der Waals surface area (Å²) < 4.78 is 53.8. The second-order valence-corrected chi connectivity index (χ2v) is 7.42. The zero-order chi connectivity index (χ0) is 21.5. The highest BCUT2D eigenvalue weighted by molar-refractivity contribution is 6.04. The number of nitrogens with zero attached hydrogens (tertiary/aromatic N) is 1. The molecule has 1 N–H and O–H groups in total. The molecule has 0 saturated heterocycles. The number of ether oxygens (including phenoxy) is 2. The Kier molecular flexibility index (Phi) is 5.13. The Morgan fingerprint density at radius 3 is 2.67 bits per heavy atom. The maximum absolute atomic E-state index is 14.8. The Balaban J connectivity index is 1.67. The van der Waals surface area contributed by atoms with Gasteiger partial charge in [-0.25, -0.2) is 23.0 Å². The molecule has 2 aliphatic carbocycles. The van der Waals surface area contributed by atoms with Crippen LogP contribution in [0.25, 0.3) is 0 Å². The Labute approximate surface area is 170 Å². The summed E-state index contributed by atoms with van der Waals surface area (Å²) in [5.74, 6) is -4.19. The van der Waals surface area contributed by atoms with E-state index in [1.165, 1.54) is 6.08 Å². The van der Waals surface area contributed by atoms with Gasteiger partial charge in [-0.1, -0.05) is 18.2 Å². The van der Waals surface area contributed by atoms with Gasteiger partial charge in [0.2, 0.25) is 0 Å². The van der Waals surface area contributed by atoms with E-state index in [9.17, 15) is 22.8 Å². The fraction of sp³-hybridized carbons (Fsp3) is 0.381. The second-order valence-electron chi connectivity index (χ2n) is 7.42. The molecule has 0 radical (unpaired) electrons. The number of rotatable bonds is 4. The molecule has 3 aliphatic rings. The maximum atomic E-state index is 14.8. The van der Waals surface area contributed by atoms with Crippen molar-refractivity contribution in [3.8, 4) is 0 Å². The van der Waals surface area contributed by atoms with Gasteiger partial charge in [0, 0.05) is 23.0 Å². The standard InChI is InChI=1S/C21H19F3N2O4/c1-29-18(28)12-7-8-15(22)13(9-12)21(19(23)24)14-10-16(14)30-20(26-21)25-17(27)11-5-3-2-4-6-11/h2-8,13-14,16,19H,9-10H2,1H3,(H,25,26,27). The first-order valence-corrected chi connectivity index (χ1v) is 9.42. The highest BCUT2D eigenvalue weighted by Gasteiger charge is 2.67. The molecule has 0 bridgehead atoms. The van der Waals surface area contributed by atoms with E-state index in [0.717, 1.165) is 13.2 Å². The van der Waals surface area contributed by atoms with Crippen molar-refractivity contribution in [2.75, 3.05) is 7.11 Å². The molecule has 9 heteroatoms. The molecule has 1 fully saturated rings. The number of amidine groups is 1. The molecule has 4 rings (SSSR count). The summed E-state index contributed by atoms with van der Waals surface area (Å²) in [6.45, 7) is 0. The Morgan fingerprint density at radius 1 is 1.27 bits per heavy atom. The van der Waals surface area contributed by atoms with Crippen molar-refractivity contribution in [2.24, 2.45) is 16.8 Å². The van der Waals surface area contributed by atoms with Crippen LogP contribution < -0.4 is 5.32 Å². The third kappa shape index (κ3) is 3.38. The number of fused-ring (bicyclic) bond motifs is 1. The van der Waals surface area contributed by atoms with Gasteiger partial charge in [-0.3, -0.25) is 10.1 Å². The lowest BCUT2D eigenvalue weighted by atomic mass is 9.73. The van der Waals surface area contributed by atoms with Crippen LogP contribution in [0.2, 0.25) is 0 Å². The van der Waals surface area contributed by atoms with Crippen LogP contribution in [0, 0.1) is 11.8 Å². The summed E-state index contributed by atoms with van der Waals surface area (Å²) in [5.41, 5.74) is -1.78. The van der Waals surface area contributed by atoms with Crippen LogP contribution in [-0.2, 0) is 14.3 Å². The number of halogens is 3. The monoisotopic (exact) mass is 420 g/mol. The number of alkyl halides is 2. The summed E-state index contributed by atoms with van der Waals surface area (Å²) in [6, 6.07) is 7.77. The minimum atomic E-state index is -3.04. The molecular formula is C21H19F3N2O4. The first kappa shape index (κ1) is 20.2. The van der Waals surface area contributed by atoms with Crippen LogP contribution in [0.4, 0.5) is 13.2 Å². The molecule has 158 valence electrons. The number of hydrogen-bond acceptors (Lipinski definition) is 5. The zero-order valence-corrected chi connectivity index (χ0v) is 16.0. The number of hydrogen-bond donors (Lipinski definition) is 1. The van der Waals surface area contributed by atoms with E-state index < -0.39 is 47.6 Å². The number of benzene rings is 1. The predicted octanol–water partition coefficient (Wildman–Crippen LogP) is 3.17. The number of methoxy groups -OCH3 is 1. The second kappa shape index (κ2) is 7.62. The smallest absolute Gasteiger partial charge is 0.333 e. The molecule has 30 heavy (non-hydrogen) atoms. The Hall–Kier alpha value is -3.10. The molecule has 1 aliphatic heterocycles. The van der Waals surface area contributed by atoms with E-state index >= 15 is 0 Å². The van der Waals surface area contributed by atoms with Crippen LogP contribution >= 0.6 is 0 Å². The molecular weight excluding hydrogens is 401 g/mol. The summed E-state index contributed by atoms with van der Waals surface area (Å²) in [4.78, 5) is 28.4. The highest BCUT2D eigenvalue weighted by Crippen LogP contribution is 2.57. The highest BCUT2D eigenvalue weighted by atomic mass is 19.3. The lowest BCUT2D eigenvalue weighted by molar-refractivity contribution is -0.136. The fourth-order valence-corrected chi connectivity index (χ4v) is 4.08. The maximum Gasteiger partial charge on any atom is 0.333 e. The third-order valence-electron chi connectivity index (χ3n) is 5.70. The van der Waals surface area contributed by atoms with E-state index in [0.29, 0.717) is 5.56 Å². The van der Waals surface area contributed by atoms with E-state index in [-0.39, 0.29) is 24.4 Å². The first-order valence-electron chi connectivity index (χ1n) is 9.42. The Morgan fingerprint density at radius 2 is 2.00 bits per heavy atom. The fourth-order valence-electron chi connectivity index (χ4n) is 4.08. The van der Waals surface area contributed by atoms with Crippen molar-refractivity contribution < 1.29 is 32.2 Å². The van der Waals surface area contributed by atoms with E-state index in [1.807, 2.05) is 0 Å². The van der Waals surface area contributed by atoms with Gasteiger partial charge in [0.1, 0.15) is 17.5 Å². The SMILES string of the molecule is COC(=O)C1=CC=C(F)C(C2(C(F)F)N=C(NC(=O)c3ccccc3)OC3CC32)C1. The van der Waals surface area contributed by atoms with Crippen molar-refractivity contribution in [1.29, 1.82) is 0 Å². The number of carbonyl (C=O) groups excluding carboxylic acids is 2. The number of esters is 1. The first-order chi connectivity index (χ1) is 14.4. The van der Waals surface area contributed by atoms with Crippen LogP contribution in [-0.4, -0.2) is 43.1 Å². The van der Waals surface area contributed by atoms with E-state index in [2.05, 4.69) is 15.0 Å². The predicted molar refractivity (Wildman–Crippen MR) is 100 cm³/mol. The Bertz CT molecular complexity index is 960. The summed E-state index contributed by atoms with van der Waals surface area (Å²) in [5, 5.41) is 2.41. The van der Waals surface area contributed by atoms with Gasteiger partial charge in [0.25, 0.3) is 18.4 Å². The van der Waals surface area contributed by atoms with Crippen molar-refractivity contribution in [3.63, 3.8) is 0 Å². The van der Waals surface area contributed by atoms with Gasteiger partial charge < -0.3 is 9.47 Å². The quantitative estimate of drug-likeness (QED) is 0.760. The van der Waals surface area contributed by atoms with Crippen molar-refractivity contribution >= 4 is 17.9 Å². The van der Waals surface area contributed by atoms with Gasteiger partial charge in [-0.2, -0.15) is 0 Å². The van der Waals surface area contributed by atoms with Crippen LogP contribution in [0.5, 0.6) is 0 Å². The molecule has 1 aromatic rings. The molecule has 0 spiro atoms. The minimum Gasteiger partial charge on any atom is -0.466 e. The normalized spacial score (nSPS) is 29.6. The largest absolute Gasteiger partial charge is 0.466 e. The van der Waals surface area contributed by atoms with E-state index in [1.54, 1.807) is 30.3 Å². The molecule has 4 atom stereocenters. The topological polar surface area (TPSA) is 77.0 Å². The number of nitrogens with one attached hydrogen (secondary N) is 1. The van der Waals surface area contributed by atoms with Gasteiger partial charge in [-0.05, 0) is 37.1 Å². The lowest BCUT2D eigenvalue weighted by Crippen LogP contribution is -2.52. The molecule has 0 aromatic heterocycles. The molecule has 1 amide bonds. The molecule has 4 unspecified atom stereocenters. The minimum absolute atomic E-state index is 0.0812. The number of allylic oxidation sites excluding steroid dienone is 2. The average molecular weight is 420 g/mol. The zero-order valence-electron chi connectivity index (χ0n) is 16.0. The molecule has 1 heterocycles. The molecule has 1 saturated carbocycles. The summed E-state index contributed by atoms with van der Waals surface area (Å²) in [7, 11) is 1.16. The summed E-state index contributed by atoms with van der Waals surface area (Å²) in [6.07, 6.45) is -1.47. The van der Waals surface area contributed by atoms with Crippen molar-refractivity contribution in [1.82, 2.24) is 5.32 Å². The van der Waals surface area contributed by atoms with E-state index in [4.69, 9.17) is 4.74 Å². The van der Waals surface area contributed by atoms with Gasteiger partial charge in [0.15, 0.2) is 0 Å². The van der Waals surface area contributed by atoms with Crippen LogP contribution in [0.1, 0.15) is 23.2 Å². The lowest BCUT2D eigenvalue weighted by Gasteiger charge is -2.40. The van der Waals surface area contributed by atoms with Crippen LogP contribution in [0.15, 0.2) is 58.9 Å². The number of amides is 1. The van der Waals surface area contributed by atoms with Crippen molar-refractivity contribution in [2.45, 2.75) is 30.9 Å².